The number of aliphatic imine (C=N–C) groups is 1. The largest absolute Gasteiger partial charge is 0.405 e. The van der Waals surface area contributed by atoms with Crippen LogP contribution in [-0.2, 0) is 4.79 Å². The van der Waals surface area contributed by atoms with Crippen LogP contribution in [0.5, 0.6) is 0 Å². The second kappa shape index (κ2) is 9.90. The predicted octanol–water partition coefficient (Wildman–Crippen LogP) is 1.70. The summed E-state index contributed by atoms with van der Waals surface area (Å²) in [5.74, 6) is -1.42. The number of nitrogens with two attached hydrogens (primary N) is 1. The Morgan fingerprint density at radius 1 is 1.33 bits per heavy atom. The molecule has 2 aliphatic rings. The van der Waals surface area contributed by atoms with Crippen molar-refractivity contribution in [1.29, 1.82) is 0 Å². The molecule has 180 valence electrons. The molecule has 1 aromatic rings. The number of aromatic nitrogens is 1. The van der Waals surface area contributed by atoms with Crippen molar-refractivity contribution in [3.8, 4) is 0 Å². The van der Waals surface area contributed by atoms with E-state index in [1.165, 1.54) is 6.20 Å². The normalized spacial score (nSPS) is 19.7. The van der Waals surface area contributed by atoms with Gasteiger partial charge in [0.1, 0.15) is 17.9 Å². The van der Waals surface area contributed by atoms with Crippen LogP contribution in [0.25, 0.3) is 12.7 Å². The zero-order chi connectivity index (χ0) is 24.2. The summed E-state index contributed by atoms with van der Waals surface area (Å²) < 4.78 is 52.7. The Morgan fingerprint density at radius 2 is 2.03 bits per heavy atom. The summed E-state index contributed by atoms with van der Waals surface area (Å²) in [5, 5.41) is 8.97. The highest BCUT2D eigenvalue weighted by Crippen LogP contribution is 2.31. The Morgan fingerprint density at radius 3 is 2.67 bits per heavy atom. The molecule has 0 radical (unpaired) electrons. The number of allylic oxidation sites excluding steroid dienone is 1. The molecule has 0 unspecified atom stereocenters. The quantitative estimate of drug-likeness (QED) is 0.393. The summed E-state index contributed by atoms with van der Waals surface area (Å²) in [6.45, 7) is 2.20. The minimum Gasteiger partial charge on any atom is -0.403 e. The molecule has 2 heterocycles. The molecule has 12 heteroatoms. The molecular weight excluding hydrogens is 464 g/mol. The van der Waals surface area contributed by atoms with E-state index >= 15 is 0 Å². The number of carbonyl (C=O) groups excluding carboxylic acids is 1. The van der Waals surface area contributed by atoms with Gasteiger partial charge in [-0.1, -0.05) is 37.4 Å². The lowest BCUT2D eigenvalue weighted by molar-refractivity contribution is -0.143. The highest BCUT2D eigenvalue weighted by molar-refractivity contribution is 6.34. The highest BCUT2D eigenvalue weighted by atomic mass is 35.5. The smallest absolute Gasteiger partial charge is 0.403 e. The van der Waals surface area contributed by atoms with Gasteiger partial charge in [0.2, 0.25) is 5.91 Å². The van der Waals surface area contributed by atoms with Crippen LogP contribution >= 0.6 is 11.6 Å². The average Bonchev–Trinajstić information content (AvgIpc) is 3.13. The van der Waals surface area contributed by atoms with Crippen LogP contribution in [0.1, 0.15) is 37.7 Å². The fourth-order valence-electron chi connectivity index (χ4n) is 3.87. The number of halogens is 5. The van der Waals surface area contributed by atoms with Crippen LogP contribution in [0.15, 0.2) is 34.1 Å². The molecule has 0 aromatic carbocycles. The lowest BCUT2D eigenvalue weighted by atomic mass is 9.80. The molecule has 0 bridgehead atoms. The van der Waals surface area contributed by atoms with Crippen molar-refractivity contribution in [2.24, 2.45) is 10.7 Å². The van der Waals surface area contributed by atoms with Gasteiger partial charge in [-0.15, -0.1) is 0 Å². The summed E-state index contributed by atoms with van der Waals surface area (Å²) in [4.78, 5) is 20.0. The lowest BCUT2D eigenvalue weighted by Gasteiger charge is -2.38. The van der Waals surface area contributed by atoms with E-state index in [1.807, 2.05) is 5.32 Å². The predicted molar refractivity (Wildman–Crippen MR) is 119 cm³/mol. The van der Waals surface area contributed by atoms with Gasteiger partial charge in [-0.3, -0.25) is 4.79 Å². The van der Waals surface area contributed by atoms with Gasteiger partial charge in [-0.2, -0.15) is 13.2 Å². The van der Waals surface area contributed by atoms with Crippen molar-refractivity contribution in [1.82, 2.24) is 20.9 Å². The first-order valence-electron chi connectivity index (χ1n) is 10.3. The van der Waals surface area contributed by atoms with E-state index in [0.29, 0.717) is 29.0 Å². The van der Waals surface area contributed by atoms with Gasteiger partial charge >= 0.3 is 6.18 Å². The minimum absolute atomic E-state index is 0.203. The van der Waals surface area contributed by atoms with Crippen LogP contribution < -0.4 is 32.3 Å². The first kappa shape index (κ1) is 24.7. The lowest BCUT2D eigenvalue weighted by Crippen LogP contribution is -2.59. The number of H-pyrrole nitrogens is 1. The molecule has 1 saturated carbocycles. The van der Waals surface area contributed by atoms with Crippen molar-refractivity contribution in [3.05, 3.63) is 45.2 Å². The summed E-state index contributed by atoms with van der Waals surface area (Å²) in [5.41, 5.74) is 4.57. The maximum Gasteiger partial charge on any atom is 0.405 e. The van der Waals surface area contributed by atoms with E-state index < -0.39 is 30.0 Å². The molecule has 1 aliphatic heterocycles. The van der Waals surface area contributed by atoms with E-state index in [9.17, 15) is 22.4 Å². The average molecular weight is 489 g/mol. The van der Waals surface area contributed by atoms with E-state index in [0.717, 1.165) is 6.42 Å². The third kappa shape index (κ3) is 5.89. The zero-order valence-corrected chi connectivity index (χ0v) is 18.5. The summed E-state index contributed by atoms with van der Waals surface area (Å²) in [6, 6.07) is 0. The van der Waals surface area contributed by atoms with Crippen molar-refractivity contribution in [2.45, 2.75) is 43.8 Å². The van der Waals surface area contributed by atoms with E-state index in [2.05, 4.69) is 27.2 Å². The number of nitrogens with zero attached hydrogens (tertiary/aromatic N) is 1. The molecule has 0 spiro atoms. The molecule has 0 atom stereocenters. The maximum absolute atomic E-state index is 14.7. The van der Waals surface area contributed by atoms with Gasteiger partial charge in [0.25, 0.3) is 0 Å². The Labute approximate surface area is 192 Å². The van der Waals surface area contributed by atoms with E-state index in [4.69, 9.17) is 17.3 Å². The Balaban J connectivity index is 1.94. The maximum atomic E-state index is 14.7. The van der Waals surface area contributed by atoms with Gasteiger partial charge in [-0.05, 0) is 18.9 Å². The number of amidine groups is 1. The number of amides is 1. The molecule has 1 amide bonds. The molecule has 0 saturated heterocycles. The third-order valence-electron chi connectivity index (χ3n) is 5.54. The molecule has 1 aliphatic carbocycles. The SMILES string of the molecule is C=c1[nH]cc(C2=NC(NC3(C(=O)NCC(F)(F)F)CCCCC3)=C(F)CN2)/c1=C/C(Cl)=C\N. The molecule has 7 nitrogen and oxygen atoms in total. The fourth-order valence-corrected chi connectivity index (χ4v) is 3.98. The van der Waals surface area contributed by atoms with Gasteiger partial charge < -0.3 is 26.7 Å². The van der Waals surface area contributed by atoms with Crippen molar-refractivity contribution >= 4 is 36.0 Å². The second-order valence-electron chi connectivity index (χ2n) is 7.92. The third-order valence-corrected chi connectivity index (χ3v) is 5.78. The first-order valence-corrected chi connectivity index (χ1v) is 10.7. The number of hydrogen-bond acceptors (Lipinski definition) is 5. The van der Waals surface area contributed by atoms with Crippen molar-refractivity contribution in [3.63, 3.8) is 0 Å². The molecule has 1 aromatic heterocycles. The van der Waals surface area contributed by atoms with Crippen LogP contribution in [0.3, 0.4) is 0 Å². The molecule has 6 N–H and O–H groups in total. The van der Waals surface area contributed by atoms with Crippen LogP contribution in [0, 0.1) is 0 Å². The first-order chi connectivity index (χ1) is 15.5. The summed E-state index contributed by atoms with van der Waals surface area (Å²) >= 11 is 6.01. The number of carbonyl (C=O) groups is 1. The fraction of sp³-hybridized carbons (Fsp3) is 0.429. The number of alkyl halides is 3. The minimum atomic E-state index is -4.55. The van der Waals surface area contributed by atoms with Gasteiger partial charge in [0.15, 0.2) is 11.6 Å². The molecule has 3 rings (SSSR count). The van der Waals surface area contributed by atoms with Crippen molar-refractivity contribution in [2.75, 3.05) is 13.1 Å². The standard InChI is InChI=1S/C21H25ClF4N6O/c1-12-14(7-13(22)8-27)15(9-28-12)17-29-10-16(23)18(31-17)32-20(5-3-2-4-6-20)19(33)30-11-21(24,25)26/h7-9,28,32H,1-6,10-11,27H2,(H,29,31)(H,30,33)/b13-8+,14-7+. The number of nitrogens with one attached hydrogen (secondary N) is 4. The van der Waals surface area contributed by atoms with E-state index in [1.54, 1.807) is 12.3 Å². The van der Waals surface area contributed by atoms with E-state index in [-0.39, 0.29) is 36.1 Å². The van der Waals surface area contributed by atoms with Crippen LogP contribution in [0.2, 0.25) is 0 Å². The van der Waals surface area contributed by atoms with Crippen LogP contribution in [-0.4, -0.2) is 41.5 Å². The Hall–Kier alpha value is -2.95. The Bertz CT molecular complexity index is 1100. The summed E-state index contributed by atoms with van der Waals surface area (Å²) in [6.07, 6.45) is 2.39. The Kier molecular flexibility index (Phi) is 7.41. The zero-order valence-electron chi connectivity index (χ0n) is 17.7. The molecule has 1 fully saturated rings. The molecule has 33 heavy (non-hydrogen) atoms. The number of aromatic amines is 1. The highest BCUT2D eigenvalue weighted by Gasteiger charge is 2.42. The topological polar surface area (TPSA) is 107 Å². The summed E-state index contributed by atoms with van der Waals surface area (Å²) in [7, 11) is 0. The number of hydrogen-bond donors (Lipinski definition) is 5. The molecular formula is C21H25ClF4N6O. The van der Waals surface area contributed by atoms with Crippen molar-refractivity contribution < 1.29 is 22.4 Å². The monoisotopic (exact) mass is 488 g/mol. The van der Waals surface area contributed by atoms with Gasteiger partial charge in [-0.25, -0.2) is 9.38 Å². The van der Waals surface area contributed by atoms with Crippen LogP contribution in [0.4, 0.5) is 17.6 Å². The van der Waals surface area contributed by atoms with Gasteiger partial charge in [0.05, 0.1) is 11.6 Å². The van der Waals surface area contributed by atoms with Gasteiger partial charge in [0, 0.05) is 28.5 Å². The second-order valence-corrected chi connectivity index (χ2v) is 8.36. The number of rotatable bonds is 6.